The van der Waals surface area contributed by atoms with Crippen LogP contribution in [0.5, 0.6) is 0 Å². The highest BCUT2D eigenvalue weighted by Crippen LogP contribution is 2.32. The predicted octanol–water partition coefficient (Wildman–Crippen LogP) is 3.83. The summed E-state index contributed by atoms with van der Waals surface area (Å²) in [5, 5.41) is 3.62. The number of nitrogens with zero attached hydrogens (tertiary/aromatic N) is 1. The number of rotatable bonds is 6. The van der Waals surface area contributed by atoms with E-state index < -0.39 is 21.8 Å². The SMILES string of the molecule is CCOC(=O)c1cc(-c2ccc(S(=O)(=O)Nc3ccc(C)c(F)c3)s2)on1. The maximum atomic E-state index is 13.6. The molecule has 0 radical (unpaired) electrons. The molecule has 0 spiro atoms. The number of halogens is 1. The van der Waals surface area contributed by atoms with Gasteiger partial charge in [0, 0.05) is 6.07 Å². The van der Waals surface area contributed by atoms with Gasteiger partial charge in [0.05, 0.1) is 17.2 Å². The molecule has 0 atom stereocenters. The van der Waals surface area contributed by atoms with Crippen LogP contribution in [0.15, 0.2) is 45.1 Å². The molecule has 0 aliphatic carbocycles. The zero-order valence-corrected chi connectivity index (χ0v) is 16.0. The molecule has 0 aliphatic heterocycles. The van der Waals surface area contributed by atoms with Crippen LogP contribution in [0.4, 0.5) is 10.1 Å². The quantitative estimate of drug-likeness (QED) is 0.620. The summed E-state index contributed by atoms with van der Waals surface area (Å²) < 4.78 is 50.9. The van der Waals surface area contributed by atoms with Gasteiger partial charge in [-0.3, -0.25) is 4.72 Å². The molecule has 2 heterocycles. The number of carbonyl (C=O) groups is 1. The van der Waals surface area contributed by atoms with Gasteiger partial charge >= 0.3 is 5.97 Å². The minimum absolute atomic E-state index is 0.00193. The molecule has 0 saturated carbocycles. The molecule has 3 aromatic rings. The first-order valence-corrected chi connectivity index (χ1v) is 10.1. The van der Waals surface area contributed by atoms with Crippen molar-refractivity contribution in [3.8, 4) is 10.6 Å². The van der Waals surface area contributed by atoms with Gasteiger partial charge in [-0.1, -0.05) is 11.2 Å². The number of carbonyl (C=O) groups excluding carboxylic acids is 1. The molecule has 7 nitrogen and oxygen atoms in total. The van der Waals surface area contributed by atoms with E-state index in [1.807, 2.05) is 0 Å². The summed E-state index contributed by atoms with van der Waals surface area (Å²) in [5.74, 6) is -0.888. The Bertz CT molecular complexity index is 1090. The topological polar surface area (TPSA) is 98.5 Å². The summed E-state index contributed by atoms with van der Waals surface area (Å²) in [5.41, 5.74) is 0.536. The fourth-order valence-electron chi connectivity index (χ4n) is 2.15. The summed E-state index contributed by atoms with van der Waals surface area (Å²) in [7, 11) is -3.90. The lowest BCUT2D eigenvalue weighted by Gasteiger charge is -2.07. The summed E-state index contributed by atoms with van der Waals surface area (Å²) in [6, 6.07) is 8.38. The van der Waals surface area contributed by atoms with Crippen molar-refractivity contribution in [2.45, 2.75) is 18.1 Å². The number of thiophene rings is 1. The van der Waals surface area contributed by atoms with Crippen molar-refractivity contribution in [1.29, 1.82) is 0 Å². The summed E-state index contributed by atoms with van der Waals surface area (Å²) >= 11 is 0.928. The van der Waals surface area contributed by atoms with Gasteiger partial charge in [-0.25, -0.2) is 17.6 Å². The highest BCUT2D eigenvalue weighted by molar-refractivity contribution is 7.94. The van der Waals surface area contributed by atoms with Crippen LogP contribution in [0.2, 0.25) is 0 Å². The van der Waals surface area contributed by atoms with Gasteiger partial charge in [0.15, 0.2) is 11.5 Å². The van der Waals surface area contributed by atoms with Crippen LogP contribution >= 0.6 is 11.3 Å². The first kappa shape index (κ1) is 19.1. The number of ether oxygens (including phenoxy) is 1. The van der Waals surface area contributed by atoms with E-state index in [0.29, 0.717) is 10.4 Å². The average Bonchev–Trinajstić information content (AvgIpc) is 3.27. The van der Waals surface area contributed by atoms with E-state index in [-0.39, 0.29) is 28.0 Å². The van der Waals surface area contributed by atoms with Gasteiger partial charge in [-0.15, -0.1) is 11.3 Å². The Morgan fingerprint density at radius 3 is 2.78 bits per heavy atom. The van der Waals surface area contributed by atoms with E-state index in [0.717, 1.165) is 17.4 Å². The van der Waals surface area contributed by atoms with E-state index in [1.165, 1.54) is 30.3 Å². The van der Waals surface area contributed by atoms with Crippen LogP contribution < -0.4 is 4.72 Å². The van der Waals surface area contributed by atoms with Crippen molar-refractivity contribution in [2.24, 2.45) is 0 Å². The smallest absolute Gasteiger partial charge is 0.360 e. The Kier molecular flexibility index (Phi) is 5.29. The molecule has 3 rings (SSSR count). The summed E-state index contributed by atoms with van der Waals surface area (Å²) in [4.78, 5) is 12.1. The number of nitrogens with one attached hydrogen (secondary N) is 1. The average molecular weight is 410 g/mol. The monoisotopic (exact) mass is 410 g/mol. The first-order valence-electron chi connectivity index (χ1n) is 7.83. The number of sulfonamides is 1. The Balaban J connectivity index is 1.82. The van der Waals surface area contributed by atoms with Crippen molar-refractivity contribution >= 4 is 33.0 Å². The van der Waals surface area contributed by atoms with Gasteiger partial charge in [0.25, 0.3) is 10.0 Å². The molecule has 27 heavy (non-hydrogen) atoms. The second kappa shape index (κ2) is 7.49. The predicted molar refractivity (Wildman–Crippen MR) is 97.7 cm³/mol. The van der Waals surface area contributed by atoms with Crippen molar-refractivity contribution < 1.29 is 26.9 Å². The number of hydrogen-bond donors (Lipinski definition) is 1. The van der Waals surface area contributed by atoms with Crippen LogP contribution in [0.25, 0.3) is 10.6 Å². The lowest BCUT2D eigenvalue weighted by Crippen LogP contribution is -2.11. The van der Waals surface area contributed by atoms with Crippen LogP contribution in [0, 0.1) is 12.7 Å². The molecule has 142 valence electrons. The van der Waals surface area contributed by atoms with E-state index >= 15 is 0 Å². The lowest BCUT2D eigenvalue weighted by atomic mass is 10.2. The van der Waals surface area contributed by atoms with Gasteiger partial charge in [0.2, 0.25) is 0 Å². The Morgan fingerprint density at radius 1 is 1.30 bits per heavy atom. The highest BCUT2D eigenvalue weighted by Gasteiger charge is 2.21. The molecular formula is C17H15FN2O5S2. The molecule has 1 aromatic carbocycles. The van der Waals surface area contributed by atoms with Crippen molar-refractivity contribution in [3.05, 3.63) is 53.5 Å². The third kappa shape index (κ3) is 4.17. The van der Waals surface area contributed by atoms with Crippen LogP contribution in [-0.2, 0) is 14.8 Å². The third-order valence-corrected chi connectivity index (χ3v) is 6.48. The number of anilines is 1. The van der Waals surface area contributed by atoms with Gasteiger partial charge in [-0.2, -0.15) is 0 Å². The molecule has 0 amide bonds. The molecule has 0 aliphatic rings. The van der Waals surface area contributed by atoms with Crippen molar-refractivity contribution in [1.82, 2.24) is 5.16 Å². The zero-order chi connectivity index (χ0) is 19.6. The Labute approximate surface area is 158 Å². The molecule has 0 saturated heterocycles. The fraction of sp³-hybridized carbons (Fsp3) is 0.176. The molecular weight excluding hydrogens is 395 g/mol. The number of hydrogen-bond acceptors (Lipinski definition) is 7. The molecule has 0 fully saturated rings. The molecule has 0 bridgehead atoms. The Morgan fingerprint density at radius 2 is 2.07 bits per heavy atom. The highest BCUT2D eigenvalue weighted by atomic mass is 32.2. The maximum absolute atomic E-state index is 13.6. The van der Waals surface area contributed by atoms with E-state index in [1.54, 1.807) is 13.8 Å². The van der Waals surface area contributed by atoms with Crippen molar-refractivity contribution in [3.63, 3.8) is 0 Å². The third-order valence-electron chi connectivity index (χ3n) is 3.51. The van der Waals surface area contributed by atoms with Gasteiger partial charge in [0.1, 0.15) is 10.0 Å². The number of benzene rings is 1. The second-order valence-corrected chi connectivity index (χ2v) is 8.48. The summed E-state index contributed by atoms with van der Waals surface area (Å²) in [6.45, 7) is 3.46. The van der Waals surface area contributed by atoms with Crippen LogP contribution in [0.3, 0.4) is 0 Å². The maximum Gasteiger partial charge on any atom is 0.360 e. The zero-order valence-electron chi connectivity index (χ0n) is 14.4. The lowest BCUT2D eigenvalue weighted by molar-refractivity contribution is 0.0514. The van der Waals surface area contributed by atoms with Crippen LogP contribution in [0.1, 0.15) is 23.0 Å². The van der Waals surface area contributed by atoms with Gasteiger partial charge < -0.3 is 9.26 Å². The number of esters is 1. The van der Waals surface area contributed by atoms with Crippen LogP contribution in [-0.4, -0.2) is 26.2 Å². The van der Waals surface area contributed by atoms with E-state index in [4.69, 9.17) is 9.26 Å². The normalized spacial score (nSPS) is 11.4. The van der Waals surface area contributed by atoms with E-state index in [2.05, 4.69) is 9.88 Å². The standard InChI is InChI=1S/C17H15FN2O5S2/c1-3-24-17(21)13-9-14(25-19-13)15-6-7-16(26-15)27(22,23)20-11-5-4-10(2)12(18)8-11/h4-9,20H,3H2,1-2H3. The fourth-order valence-corrected chi connectivity index (χ4v) is 4.46. The molecule has 10 heteroatoms. The first-order chi connectivity index (χ1) is 12.8. The minimum Gasteiger partial charge on any atom is -0.461 e. The van der Waals surface area contributed by atoms with E-state index in [9.17, 15) is 17.6 Å². The molecule has 2 aromatic heterocycles. The number of aromatic nitrogens is 1. The van der Waals surface area contributed by atoms with Crippen molar-refractivity contribution in [2.75, 3.05) is 11.3 Å². The van der Waals surface area contributed by atoms with Gasteiger partial charge in [-0.05, 0) is 43.7 Å². The summed E-state index contributed by atoms with van der Waals surface area (Å²) in [6.07, 6.45) is 0. The second-order valence-electron chi connectivity index (χ2n) is 5.49. The number of aryl methyl sites for hydroxylation is 1. The Hall–Kier alpha value is -2.72. The largest absolute Gasteiger partial charge is 0.461 e. The molecule has 0 unspecified atom stereocenters. The molecule has 1 N–H and O–H groups in total. The minimum atomic E-state index is -3.90.